The number of nitrogens with one attached hydrogen (secondary N) is 1. The second kappa shape index (κ2) is 6.24. The highest BCUT2D eigenvalue weighted by Crippen LogP contribution is 2.27. The second-order valence-corrected chi connectivity index (χ2v) is 5.52. The first-order valence-corrected chi connectivity index (χ1v) is 6.94. The Kier molecular flexibility index (Phi) is 4.62. The van der Waals surface area contributed by atoms with Crippen molar-refractivity contribution in [2.45, 2.75) is 31.7 Å². The minimum atomic E-state index is -1.05. The summed E-state index contributed by atoms with van der Waals surface area (Å²) in [4.78, 5) is 23.0. The molecule has 1 saturated carbocycles. The highest BCUT2D eigenvalue weighted by atomic mass is 35.5. The molecule has 1 aromatic carbocycles. The minimum Gasteiger partial charge on any atom is -0.478 e. The van der Waals surface area contributed by atoms with Crippen molar-refractivity contribution in [3.05, 3.63) is 28.8 Å². The van der Waals surface area contributed by atoms with Gasteiger partial charge in [-0.3, -0.25) is 4.79 Å². The van der Waals surface area contributed by atoms with Crippen LogP contribution in [0.3, 0.4) is 0 Å². The van der Waals surface area contributed by atoms with E-state index in [4.69, 9.17) is 22.4 Å². The molecule has 0 saturated heterocycles. The summed E-state index contributed by atoms with van der Waals surface area (Å²) >= 11 is 5.98. The first-order chi connectivity index (χ1) is 9.47. The molecule has 0 radical (unpaired) electrons. The van der Waals surface area contributed by atoms with E-state index in [2.05, 4.69) is 5.32 Å². The van der Waals surface area contributed by atoms with Gasteiger partial charge < -0.3 is 16.2 Å². The number of rotatable bonds is 3. The lowest BCUT2D eigenvalue weighted by Crippen LogP contribution is -2.34. The lowest BCUT2D eigenvalue weighted by atomic mass is 9.85. The fraction of sp³-hybridized carbons (Fsp3) is 0.429. The predicted molar refractivity (Wildman–Crippen MR) is 77.0 cm³/mol. The average Bonchev–Trinajstić information content (AvgIpc) is 2.40. The first-order valence-electron chi connectivity index (χ1n) is 6.56. The van der Waals surface area contributed by atoms with Crippen LogP contribution in [0.4, 0.5) is 5.69 Å². The van der Waals surface area contributed by atoms with E-state index in [1.165, 1.54) is 18.2 Å². The lowest BCUT2D eigenvalue weighted by molar-refractivity contribution is -0.120. The van der Waals surface area contributed by atoms with Crippen molar-refractivity contribution in [2.75, 3.05) is 5.32 Å². The molecule has 0 bridgehead atoms. The van der Waals surface area contributed by atoms with Crippen molar-refractivity contribution in [1.82, 2.24) is 0 Å². The van der Waals surface area contributed by atoms with Crippen LogP contribution >= 0.6 is 11.6 Å². The molecule has 1 aliphatic carbocycles. The van der Waals surface area contributed by atoms with Crippen molar-refractivity contribution in [1.29, 1.82) is 0 Å². The summed E-state index contributed by atoms with van der Waals surface area (Å²) in [6, 6.07) is 4.32. The summed E-state index contributed by atoms with van der Waals surface area (Å²) in [6.07, 6.45) is 3.41. The van der Waals surface area contributed by atoms with Crippen LogP contribution in [0.5, 0.6) is 0 Å². The number of halogens is 1. The maximum atomic E-state index is 12.1. The molecule has 0 aliphatic heterocycles. The summed E-state index contributed by atoms with van der Waals surface area (Å²) in [5.74, 6) is -1.26. The number of hydrogen-bond acceptors (Lipinski definition) is 3. The Morgan fingerprint density at radius 1 is 1.35 bits per heavy atom. The predicted octanol–water partition coefficient (Wildman–Crippen LogP) is 2.49. The molecule has 20 heavy (non-hydrogen) atoms. The molecule has 1 aromatic rings. The largest absolute Gasteiger partial charge is 0.478 e. The fourth-order valence-electron chi connectivity index (χ4n) is 2.45. The van der Waals surface area contributed by atoms with Crippen molar-refractivity contribution in [2.24, 2.45) is 11.7 Å². The number of carboxylic acids is 1. The fourth-order valence-corrected chi connectivity index (χ4v) is 2.68. The molecule has 1 aliphatic rings. The minimum absolute atomic E-state index is 0.0735. The molecule has 2 rings (SSSR count). The summed E-state index contributed by atoms with van der Waals surface area (Å²) < 4.78 is 0. The Bertz CT molecular complexity index is 533. The van der Waals surface area contributed by atoms with Crippen LogP contribution in [0.1, 0.15) is 36.0 Å². The Labute approximate surface area is 122 Å². The molecule has 0 spiro atoms. The van der Waals surface area contributed by atoms with Crippen LogP contribution in [0.15, 0.2) is 18.2 Å². The smallest absolute Gasteiger partial charge is 0.335 e. The molecular formula is C14H17ClN2O3. The number of anilines is 1. The molecule has 5 nitrogen and oxygen atoms in total. The van der Waals surface area contributed by atoms with Crippen molar-refractivity contribution in [3.63, 3.8) is 0 Å². The van der Waals surface area contributed by atoms with Crippen molar-refractivity contribution < 1.29 is 14.7 Å². The van der Waals surface area contributed by atoms with Gasteiger partial charge in [0.1, 0.15) is 0 Å². The van der Waals surface area contributed by atoms with E-state index in [9.17, 15) is 9.59 Å². The van der Waals surface area contributed by atoms with Crippen LogP contribution in [0.25, 0.3) is 0 Å². The second-order valence-electron chi connectivity index (χ2n) is 5.11. The third kappa shape index (κ3) is 3.49. The Balaban J connectivity index is 2.06. The monoisotopic (exact) mass is 296 g/mol. The maximum Gasteiger partial charge on any atom is 0.335 e. The van der Waals surface area contributed by atoms with Gasteiger partial charge in [0.05, 0.1) is 16.3 Å². The molecule has 0 heterocycles. The zero-order valence-corrected chi connectivity index (χ0v) is 11.7. The molecule has 1 amide bonds. The summed E-state index contributed by atoms with van der Waals surface area (Å²) in [6.45, 7) is 0. The van der Waals surface area contributed by atoms with E-state index in [1.54, 1.807) is 0 Å². The van der Waals surface area contributed by atoms with Crippen molar-refractivity contribution >= 4 is 29.2 Å². The molecule has 2 unspecified atom stereocenters. The number of carbonyl (C=O) groups excluding carboxylic acids is 1. The SMILES string of the molecule is NC1CCCC(C(=O)Nc2ccc(C(=O)O)cc2Cl)C1. The highest BCUT2D eigenvalue weighted by Gasteiger charge is 2.25. The van der Waals surface area contributed by atoms with E-state index in [1.807, 2.05) is 0 Å². The maximum absolute atomic E-state index is 12.1. The number of benzene rings is 1. The summed E-state index contributed by atoms with van der Waals surface area (Å²) in [7, 11) is 0. The molecule has 6 heteroatoms. The van der Waals surface area contributed by atoms with Gasteiger partial charge >= 0.3 is 5.97 Å². The van der Waals surface area contributed by atoms with Crippen LogP contribution in [0, 0.1) is 5.92 Å². The molecule has 0 aromatic heterocycles. The third-order valence-corrected chi connectivity index (χ3v) is 3.87. The number of hydrogen-bond donors (Lipinski definition) is 3. The van der Waals surface area contributed by atoms with Crippen molar-refractivity contribution in [3.8, 4) is 0 Å². The van der Waals surface area contributed by atoms with Crippen LogP contribution in [-0.4, -0.2) is 23.0 Å². The highest BCUT2D eigenvalue weighted by molar-refractivity contribution is 6.34. The van der Waals surface area contributed by atoms with Gasteiger partial charge in [0.25, 0.3) is 0 Å². The molecule has 108 valence electrons. The Hall–Kier alpha value is -1.59. The number of carboxylic acid groups (broad SMARTS) is 1. The van der Waals surface area contributed by atoms with Gasteiger partial charge in [-0.05, 0) is 37.5 Å². The first kappa shape index (κ1) is 14.8. The average molecular weight is 297 g/mol. The number of aromatic carboxylic acids is 1. The zero-order chi connectivity index (χ0) is 14.7. The van der Waals surface area contributed by atoms with E-state index < -0.39 is 5.97 Å². The third-order valence-electron chi connectivity index (χ3n) is 3.56. The Morgan fingerprint density at radius 3 is 2.70 bits per heavy atom. The number of amides is 1. The van der Waals surface area contributed by atoms with Gasteiger partial charge in [-0.15, -0.1) is 0 Å². The van der Waals surface area contributed by atoms with Crippen LogP contribution in [0.2, 0.25) is 5.02 Å². The van der Waals surface area contributed by atoms with E-state index in [0.29, 0.717) is 12.1 Å². The Morgan fingerprint density at radius 2 is 2.10 bits per heavy atom. The van der Waals surface area contributed by atoms with E-state index in [0.717, 1.165) is 19.3 Å². The number of nitrogens with two attached hydrogens (primary N) is 1. The van der Waals surface area contributed by atoms with Crippen LogP contribution < -0.4 is 11.1 Å². The van der Waals surface area contributed by atoms with E-state index >= 15 is 0 Å². The van der Waals surface area contributed by atoms with Crippen LogP contribution in [-0.2, 0) is 4.79 Å². The quantitative estimate of drug-likeness (QED) is 0.799. The lowest BCUT2D eigenvalue weighted by Gasteiger charge is -2.25. The summed E-state index contributed by atoms with van der Waals surface area (Å²) in [5.41, 5.74) is 6.39. The van der Waals surface area contributed by atoms with E-state index in [-0.39, 0.29) is 28.5 Å². The van der Waals surface area contributed by atoms with Gasteiger partial charge in [0, 0.05) is 12.0 Å². The standard InChI is InChI=1S/C14H17ClN2O3/c15-11-7-9(14(19)20)4-5-12(11)17-13(18)8-2-1-3-10(16)6-8/h4-5,7-8,10H,1-3,6,16H2,(H,17,18)(H,19,20). The van der Waals surface area contributed by atoms with Gasteiger partial charge in [0.15, 0.2) is 0 Å². The molecule has 4 N–H and O–H groups in total. The normalized spacial score (nSPS) is 22.3. The van der Waals surface area contributed by atoms with Gasteiger partial charge in [-0.2, -0.15) is 0 Å². The molecule has 1 fully saturated rings. The summed E-state index contributed by atoms with van der Waals surface area (Å²) in [5, 5.41) is 11.8. The van der Waals surface area contributed by atoms with Gasteiger partial charge in [-0.25, -0.2) is 4.79 Å². The van der Waals surface area contributed by atoms with Gasteiger partial charge in [-0.1, -0.05) is 18.0 Å². The van der Waals surface area contributed by atoms with Gasteiger partial charge in [0.2, 0.25) is 5.91 Å². The number of carbonyl (C=O) groups is 2. The zero-order valence-electron chi connectivity index (χ0n) is 10.9. The molecular weight excluding hydrogens is 280 g/mol. The molecule has 2 atom stereocenters. The topological polar surface area (TPSA) is 92.4 Å².